The highest BCUT2D eigenvalue weighted by Gasteiger charge is 2.30. The normalized spacial score (nSPS) is 11.5. The molecule has 0 radical (unpaired) electrons. The molecule has 2 aromatic rings. The number of nitrogens with one attached hydrogen (secondary N) is 1. The Labute approximate surface area is 134 Å². The van der Waals surface area contributed by atoms with Gasteiger partial charge in [-0.1, -0.05) is 41.4 Å². The molecule has 0 amide bonds. The number of hydrogen-bond acceptors (Lipinski definition) is 2. The van der Waals surface area contributed by atoms with Gasteiger partial charge >= 0.3 is 5.51 Å². The van der Waals surface area contributed by atoms with Crippen molar-refractivity contribution in [2.24, 2.45) is 0 Å². The number of benzene rings is 2. The Morgan fingerprint density at radius 1 is 0.952 bits per heavy atom. The third-order valence-electron chi connectivity index (χ3n) is 2.63. The van der Waals surface area contributed by atoms with Gasteiger partial charge < -0.3 is 5.32 Å². The Morgan fingerprint density at radius 2 is 1.57 bits per heavy atom. The lowest BCUT2D eigenvalue weighted by molar-refractivity contribution is -0.0327. The summed E-state index contributed by atoms with van der Waals surface area (Å²) in [6.07, 6.45) is 0. The molecule has 1 nitrogen and oxygen atoms in total. The van der Waals surface area contributed by atoms with Gasteiger partial charge in [0.25, 0.3) is 0 Å². The summed E-state index contributed by atoms with van der Waals surface area (Å²) in [5.41, 5.74) is -3.30. The summed E-state index contributed by atoms with van der Waals surface area (Å²) in [6.45, 7) is 0.244. The molecular formula is C14H10Cl2F3NS. The molecule has 21 heavy (non-hydrogen) atoms. The monoisotopic (exact) mass is 351 g/mol. The summed E-state index contributed by atoms with van der Waals surface area (Å²) in [5, 5.41) is 3.88. The highest BCUT2D eigenvalue weighted by atomic mass is 35.5. The van der Waals surface area contributed by atoms with E-state index in [1.807, 2.05) is 0 Å². The van der Waals surface area contributed by atoms with E-state index in [1.54, 1.807) is 36.4 Å². The Hall–Kier alpha value is -1.04. The van der Waals surface area contributed by atoms with Crippen LogP contribution < -0.4 is 5.32 Å². The molecular weight excluding hydrogens is 342 g/mol. The quantitative estimate of drug-likeness (QED) is 0.656. The first-order chi connectivity index (χ1) is 9.87. The fourth-order valence-corrected chi connectivity index (χ4v) is 2.89. The Kier molecular flexibility index (Phi) is 5.30. The maximum absolute atomic E-state index is 12.5. The SMILES string of the molecule is FC(F)(F)Sc1ccccc1NCc1c(Cl)cccc1Cl. The standard InChI is InChI=1S/C14H10Cl2F3NS/c15-10-4-3-5-11(16)9(10)8-20-12-6-1-2-7-13(12)21-14(17,18)19/h1-7,20H,8H2. The fraction of sp³-hybridized carbons (Fsp3) is 0.143. The number of hydrogen-bond donors (Lipinski definition) is 1. The van der Waals surface area contributed by atoms with Gasteiger partial charge in [-0.3, -0.25) is 0 Å². The molecule has 0 fully saturated rings. The molecule has 1 N–H and O–H groups in total. The van der Waals surface area contributed by atoms with Crippen LogP contribution in [-0.2, 0) is 6.54 Å². The van der Waals surface area contributed by atoms with Gasteiger partial charge in [0.15, 0.2) is 0 Å². The van der Waals surface area contributed by atoms with E-state index in [0.29, 0.717) is 21.3 Å². The van der Waals surface area contributed by atoms with E-state index in [9.17, 15) is 13.2 Å². The number of thioether (sulfide) groups is 1. The molecule has 0 atom stereocenters. The van der Waals surface area contributed by atoms with E-state index in [4.69, 9.17) is 23.2 Å². The van der Waals surface area contributed by atoms with Crippen molar-refractivity contribution in [2.75, 3.05) is 5.32 Å². The van der Waals surface area contributed by atoms with Crippen molar-refractivity contribution in [3.05, 3.63) is 58.1 Å². The average molecular weight is 352 g/mol. The largest absolute Gasteiger partial charge is 0.446 e. The second-order valence-corrected chi connectivity index (χ2v) is 6.02. The van der Waals surface area contributed by atoms with Gasteiger partial charge in [-0.2, -0.15) is 13.2 Å². The smallest absolute Gasteiger partial charge is 0.380 e. The van der Waals surface area contributed by atoms with Crippen molar-refractivity contribution in [1.82, 2.24) is 0 Å². The van der Waals surface area contributed by atoms with Crippen LogP contribution in [-0.4, -0.2) is 5.51 Å². The maximum atomic E-state index is 12.5. The number of rotatable bonds is 4. The number of anilines is 1. The van der Waals surface area contributed by atoms with Gasteiger partial charge in [0.05, 0.1) is 0 Å². The molecule has 2 rings (SSSR count). The van der Waals surface area contributed by atoms with Crippen LogP contribution >= 0.6 is 35.0 Å². The lowest BCUT2D eigenvalue weighted by Crippen LogP contribution is -2.04. The van der Waals surface area contributed by atoms with Crippen LogP contribution in [0.5, 0.6) is 0 Å². The van der Waals surface area contributed by atoms with Crippen molar-refractivity contribution in [3.8, 4) is 0 Å². The Balaban J connectivity index is 2.17. The first-order valence-corrected chi connectivity index (χ1v) is 7.45. The second-order valence-electron chi connectivity index (χ2n) is 4.10. The molecule has 0 unspecified atom stereocenters. The van der Waals surface area contributed by atoms with Gasteiger partial charge in [0.1, 0.15) is 0 Å². The van der Waals surface area contributed by atoms with Crippen LogP contribution in [0.25, 0.3) is 0 Å². The summed E-state index contributed by atoms with van der Waals surface area (Å²) in [5.74, 6) is 0. The zero-order valence-corrected chi connectivity index (χ0v) is 12.9. The average Bonchev–Trinajstić information content (AvgIpc) is 2.38. The lowest BCUT2D eigenvalue weighted by Gasteiger charge is -2.14. The zero-order valence-electron chi connectivity index (χ0n) is 10.5. The minimum atomic E-state index is -4.33. The van der Waals surface area contributed by atoms with E-state index in [-0.39, 0.29) is 23.2 Å². The van der Waals surface area contributed by atoms with Gasteiger partial charge in [-0.15, -0.1) is 0 Å². The zero-order chi connectivity index (χ0) is 15.5. The first-order valence-electron chi connectivity index (χ1n) is 5.88. The van der Waals surface area contributed by atoms with Crippen LogP contribution in [0.15, 0.2) is 47.4 Å². The molecule has 0 saturated carbocycles. The van der Waals surface area contributed by atoms with E-state index in [1.165, 1.54) is 6.07 Å². The summed E-state index contributed by atoms with van der Waals surface area (Å²) in [7, 11) is 0. The van der Waals surface area contributed by atoms with E-state index >= 15 is 0 Å². The van der Waals surface area contributed by atoms with Crippen molar-refractivity contribution in [3.63, 3.8) is 0 Å². The summed E-state index contributed by atoms with van der Waals surface area (Å²) < 4.78 is 37.5. The summed E-state index contributed by atoms with van der Waals surface area (Å²) >= 11 is 11.9. The molecule has 0 aliphatic rings. The van der Waals surface area contributed by atoms with E-state index in [0.717, 1.165) is 0 Å². The maximum Gasteiger partial charge on any atom is 0.446 e. The molecule has 7 heteroatoms. The molecule has 0 spiro atoms. The second kappa shape index (κ2) is 6.81. The van der Waals surface area contributed by atoms with Gasteiger partial charge in [0, 0.05) is 32.7 Å². The number of halogens is 5. The van der Waals surface area contributed by atoms with Crippen LogP contribution in [0.2, 0.25) is 10.0 Å². The lowest BCUT2D eigenvalue weighted by atomic mass is 10.2. The number of alkyl halides is 3. The molecule has 0 saturated heterocycles. The highest BCUT2D eigenvalue weighted by Crippen LogP contribution is 2.40. The first kappa shape index (κ1) is 16.3. The minimum Gasteiger partial charge on any atom is -0.380 e. The molecule has 0 aliphatic carbocycles. The van der Waals surface area contributed by atoms with Gasteiger partial charge in [-0.05, 0) is 36.0 Å². The van der Waals surface area contributed by atoms with Gasteiger partial charge in [-0.25, -0.2) is 0 Å². The summed E-state index contributed by atoms with van der Waals surface area (Å²) in [6, 6.07) is 11.3. The van der Waals surface area contributed by atoms with Crippen LogP contribution in [0.3, 0.4) is 0 Å². The van der Waals surface area contributed by atoms with Crippen LogP contribution in [0, 0.1) is 0 Å². The van der Waals surface area contributed by atoms with Crippen molar-refractivity contribution < 1.29 is 13.2 Å². The van der Waals surface area contributed by atoms with Crippen molar-refractivity contribution in [2.45, 2.75) is 16.9 Å². The van der Waals surface area contributed by atoms with Gasteiger partial charge in [0.2, 0.25) is 0 Å². The van der Waals surface area contributed by atoms with Crippen molar-refractivity contribution in [1.29, 1.82) is 0 Å². The van der Waals surface area contributed by atoms with E-state index in [2.05, 4.69) is 5.32 Å². The Morgan fingerprint density at radius 3 is 2.19 bits per heavy atom. The van der Waals surface area contributed by atoms with Crippen molar-refractivity contribution >= 4 is 40.7 Å². The topological polar surface area (TPSA) is 12.0 Å². The third-order valence-corrected chi connectivity index (χ3v) is 4.15. The Bertz CT molecular complexity index is 612. The predicted octanol–water partition coefficient (Wildman–Crippen LogP) is 6.22. The summed E-state index contributed by atoms with van der Waals surface area (Å²) in [4.78, 5) is 0.105. The van der Waals surface area contributed by atoms with Crippen LogP contribution in [0.4, 0.5) is 18.9 Å². The molecule has 0 heterocycles. The number of para-hydroxylation sites is 1. The molecule has 112 valence electrons. The minimum absolute atomic E-state index is 0.105. The molecule has 2 aromatic carbocycles. The van der Waals surface area contributed by atoms with Crippen LogP contribution in [0.1, 0.15) is 5.56 Å². The third kappa shape index (κ3) is 4.73. The van der Waals surface area contributed by atoms with E-state index < -0.39 is 5.51 Å². The molecule has 0 aromatic heterocycles. The molecule has 0 aliphatic heterocycles. The fourth-order valence-electron chi connectivity index (χ4n) is 1.71. The molecule has 0 bridgehead atoms. The highest BCUT2D eigenvalue weighted by molar-refractivity contribution is 8.00. The predicted molar refractivity (Wildman–Crippen MR) is 82.1 cm³/mol.